The minimum absolute atomic E-state index is 0.210. The van der Waals surface area contributed by atoms with Crippen molar-refractivity contribution in [2.75, 3.05) is 5.75 Å². The van der Waals surface area contributed by atoms with E-state index in [2.05, 4.69) is 21.0 Å². The SMILES string of the molecule is Cc1nn(C)c(CC(=O)C2CCCS2)c1Br. The van der Waals surface area contributed by atoms with E-state index in [4.69, 9.17) is 0 Å². The molecule has 1 aliphatic heterocycles. The van der Waals surface area contributed by atoms with Crippen LogP contribution in [0.25, 0.3) is 0 Å². The molecular weight excluding hydrogens is 288 g/mol. The second-order valence-corrected chi connectivity index (χ2v) is 6.22. The van der Waals surface area contributed by atoms with E-state index in [0.717, 1.165) is 28.0 Å². The highest BCUT2D eigenvalue weighted by Crippen LogP contribution is 2.29. The number of thioether (sulfide) groups is 1. The zero-order valence-corrected chi connectivity index (χ0v) is 11.9. The fraction of sp³-hybridized carbons (Fsp3) is 0.636. The Morgan fingerprint density at radius 1 is 1.69 bits per heavy atom. The number of carbonyl (C=O) groups excluding carboxylic acids is 1. The van der Waals surface area contributed by atoms with Crippen molar-refractivity contribution in [2.45, 2.75) is 31.4 Å². The van der Waals surface area contributed by atoms with Gasteiger partial charge in [-0.1, -0.05) is 0 Å². The fourth-order valence-electron chi connectivity index (χ4n) is 1.98. The second kappa shape index (κ2) is 4.92. The lowest BCUT2D eigenvalue weighted by molar-refractivity contribution is -0.118. The van der Waals surface area contributed by atoms with Crippen molar-refractivity contribution in [1.29, 1.82) is 0 Å². The molecule has 2 rings (SSSR count). The number of rotatable bonds is 3. The Balaban J connectivity index is 2.11. The normalized spacial score (nSPS) is 20.3. The van der Waals surface area contributed by atoms with E-state index in [-0.39, 0.29) is 5.25 Å². The molecule has 1 fully saturated rings. The number of hydrogen-bond acceptors (Lipinski definition) is 3. The van der Waals surface area contributed by atoms with Crippen LogP contribution in [-0.2, 0) is 18.3 Å². The summed E-state index contributed by atoms with van der Waals surface area (Å²) in [7, 11) is 1.89. The summed E-state index contributed by atoms with van der Waals surface area (Å²) in [6.45, 7) is 1.95. The largest absolute Gasteiger partial charge is 0.298 e. The molecule has 0 aromatic carbocycles. The van der Waals surface area contributed by atoms with Crippen molar-refractivity contribution in [3.05, 3.63) is 15.9 Å². The van der Waals surface area contributed by atoms with Gasteiger partial charge in [0, 0.05) is 7.05 Å². The van der Waals surface area contributed by atoms with Crippen molar-refractivity contribution in [2.24, 2.45) is 7.05 Å². The molecule has 0 radical (unpaired) electrons. The first-order valence-electron chi connectivity index (χ1n) is 5.42. The molecule has 0 saturated carbocycles. The molecule has 0 spiro atoms. The molecule has 1 aliphatic rings. The van der Waals surface area contributed by atoms with Gasteiger partial charge in [-0.25, -0.2) is 0 Å². The third kappa shape index (κ3) is 2.35. The van der Waals surface area contributed by atoms with Gasteiger partial charge in [-0.15, -0.1) is 0 Å². The first kappa shape index (κ1) is 12.2. The van der Waals surface area contributed by atoms with E-state index in [1.807, 2.05) is 14.0 Å². The highest BCUT2D eigenvalue weighted by molar-refractivity contribution is 9.10. The minimum Gasteiger partial charge on any atom is -0.298 e. The Bertz CT molecular complexity index is 410. The highest BCUT2D eigenvalue weighted by atomic mass is 79.9. The molecular formula is C11H15BrN2OS. The average Bonchev–Trinajstić information content (AvgIpc) is 2.83. The Labute approximate surface area is 108 Å². The number of nitrogens with zero attached hydrogens (tertiary/aromatic N) is 2. The van der Waals surface area contributed by atoms with E-state index in [9.17, 15) is 4.79 Å². The first-order chi connectivity index (χ1) is 7.59. The zero-order chi connectivity index (χ0) is 11.7. The van der Waals surface area contributed by atoms with Gasteiger partial charge in [-0.05, 0) is 41.4 Å². The van der Waals surface area contributed by atoms with Gasteiger partial charge < -0.3 is 0 Å². The number of ketones is 1. The molecule has 1 atom stereocenters. The van der Waals surface area contributed by atoms with Gasteiger partial charge in [0.2, 0.25) is 0 Å². The van der Waals surface area contributed by atoms with Crippen LogP contribution in [0.3, 0.4) is 0 Å². The van der Waals surface area contributed by atoms with Crippen LogP contribution < -0.4 is 0 Å². The monoisotopic (exact) mass is 302 g/mol. The lowest BCUT2D eigenvalue weighted by Gasteiger charge is -2.07. The maximum absolute atomic E-state index is 12.0. The van der Waals surface area contributed by atoms with Crippen LogP contribution in [0.5, 0.6) is 0 Å². The van der Waals surface area contributed by atoms with Crippen LogP contribution >= 0.6 is 27.7 Å². The topological polar surface area (TPSA) is 34.9 Å². The van der Waals surface area contributed by atoms with E-state index in [1.54, 1.807) is 16.4 Å². The summed E-state index contributed by atoms with van der Waals surface area (Å²) in [6.07, 6.45) is 2.71. The van der Waals surface area contributed by atoms with Gasteiger partial charge in [0.05, 0.1) is 27.5 Å². The van der Waals surface area contributed by atoms with Gasteiger partial charge in [0.1, 0.15) is 0 Å². The third-order valence-electron chi connectivity index (χ3n) is 2.89. The van der Waals surface area contributed by atoms with Gasteiger partial charge in [0.15, 0.2) is 5.78 Å². The predicted octanol–water partition coefficient (Wildman–Crippen LogP) is 2.50. The molecule has 0 aliphatic carbocycles. The van der Waals surface area contributed by atoms with Crippen LogP contribution in [-0.4, -0.2) is 26.6 Å². The molecule has 88 valence electrons. The van der Waals surface area contributed by atoms with Crippen molar-refractivity contribution in [3.63, 3.8) is 0 Å². The summed E-state index contributed by atoms with van der Waals surface area (Å²) in [6, 6.07) is 0. The predicted molar refractivity (Wildman–Crippen MR) is 69.8 cm³/mol. The summed E-state index contributed by atoms with van der Waals surface area (Å²) in [5.41, 5.74) is 1.94. The van der Waals surface area contributed by atoms with Gasteiger partial charge >= 0.3 is 0 Å². The molecule has 3 nitrogen and oxygen atoms in total. The zero-order valence-electron chi connectivity index (χ0n) is 9.49. The van der Waals surface area contributed by atoms with Crippen LogP contribution in [0, 0.1) is 6.92 Å². The molecule has 5 heteroatoms. The van der Waals surface area contributed by atoms with Gasteiger partial charge in [0.25, 0.3) is 0 Å². The Kier molecular flexibility index (Phi) is 3.74. The molecule has 1 unspecified atom stereocenters. The molecule has 0 bridgehead atoms. The molecule has 0 N–H and O–H groups in total. The highest BCUT2D eigenvalue weighted by Gasteiger charge is 2.25. The minimum atomic E-state index is 0.210. The molecule has 2 heterocycles. The summed E-state index contributed by atoms with van der Waals surface area (Å²) >= 11 is 5.29. The molecule has 0 amide bonds. The van der Waals surface area contributed by atoms with E-state index in [1.165, 1.54) is 6.42 Å². The van der Waals surface area contributed by atoms with Crippen LogP contribution in [0.2, 0.25) is 0 Å². The van der Waals surface area contributed by atoms with Crippen molar-refractivity contribution < 1.29 is 4.79 Å². The molecule has 16 heavy (non-hydrogen) atoms. The summed E-state index contributed by atoms with van der Waals surface area (Å²) in [5, 5.41) is 4.51. The maximum atomic E-state index is 12.0. The third-order valence-corrected chi connectivity index (χ3v) is 5.35. The molecule has 1 aromatic heterocycles. The Morgan fingerprint density at radius 3 is 2.94 bits per heavy atom. The van der Waals surface area contributed by atoms with Gasteiger partial charge in [-0.3, -0.25) is 9.48 Å². The lowest BCUT2D eigenvalue weighted by Crippen LogP contribution is -2.18. The molecule has 1 saturated heterocycles. The van der Waals surface area contributed by atoms with Crippen molar-refractivity contribution >= 4 is 33.5 Å². The van der Waals surface area contributed by atoms with E-state index >= 15 is 0 Å². The Morgan fingerprint density at radius 2 is 2.44 bits per heavy atom. The number of aryl methyl sites for hydroxylation is 2. The standard InChI is InChI=1S/C11H15BrN2OS/c1-7-11(12)8(14(2)13-7)6-9(15)10-4-3-5-16-10/h10H,3-6H2,1-2H3. The number of aromatic nitrogens is 2. The summed E-state index contributed by atoms with van der Waals surface area (Å²) in [5.74, 6) is 1.47. The summed E-state index contributed by atoms with van der Waals surface area (Å²) in [4.78, 5) is 12.0. The van der Waals surface area contributed by atoms with E-state index < -0.39 is 0 Å². The molecule has 1 aromatic rings. The van der Waals surface area contributed by atoms with Crippen molar-refractivity contribution in [3.8, 4) is 0 Å². The average molecular weight is 303 g/mol. The first-order valence-corrected chi connectivity index (χ1v) is 7.26. The van der Waals surface area contributed by atoms with Crippen LogP contribution in [0.15, 0.2) is 4.47 Å². The van der Waals surface area contributed by atoms with Crippen LogP contribution in [0.1, 0.15) is 24.2 Å². The maximum Gasteiger partial charge on any atom is 0.151 e. The quantitative estimate of drug-likeness (QED) is 0.860. The van der Waals surface area contributed by atoms with Crippen LogP contribution in [0.4, 0.5) is 0 Å². The number of hydrogen-bond donors (Lipinski definition) is 0. The van der Waals surface area contributed by atoms with Gasteiger partial charge in [-0.2, -0.15) is 16.9 Å². The number of carbonyl (C=O) groups is 1. The summed E-state index contributed by atoms with van der Waals surface area (Å²) < 4.78 is 2.78. The fourth-order valence-corrected chi connectivity index (χ4v) is 3.68. The van der Waals surface area contributed by atoms with Crippen molar-refractivity contribution in [1.82, 2.24) is 9.78 Å². The van der Waals surface area contributed by atoms with E-state index in [0.29, 0.717) is 12.2 Å². The number of halogens is 1. The number of Topliss-reactive ketones (excluding diaryl/α,β-unsaturated/α-hetero) is 1. The smallest absolute Gasteiger partial charge is 0.151 e. The second-order valence-electron chi connectivity index (χ2n) is 4.11. The lowest BCUT2D eigenvalue weighted by atomic mass is 10.1. The Hall–Kier alpha value is -0.290.